The van der Waals surface area contributed by atoms with E-state index in [0.717, 1.165) is 5.56 Å². The Bertz CT molecular complexity index is 1530. The van der Waals surface area contributed by atoms with E-state index < -0.39 is 17.4 Å². The highest BCUT2D eigenvalue weighted by Crippen LogP contribution is 2.47. The Hall–Kier alpha value is -3.69. The number of hydrogen-bond donors (Lipinski definition) is 1. The van der Waals surface area contributed by atoms with Gasteiger partial charge in [0.2, 0.25) is 11.6 Å². The van der Waals surface area contributed by atoms with Crippen molar-refractivity contribution in [1.29, 1.82) is 0 Å². The van der Waals surface area contributed by atoms with Crippen LogP contribution in [-0.4, -0.2) is 38.0 Å². The Morgan fingerprint density at radius 1 is 1.18 bits per heavy atom. The topological polar surface area (TPSA) is 83.4 Å². The first kappa shape index (κ1) is 20.0. The summed E-state index contributed by atoms with van der Waals surface area (Å²) in [6, 6.07) is 7.67. The highest BCUT2D eigenvalue weighted by molar-refractivity contribution is 6.09. The van der Waals surface area contributed by atoms with E-state index in [1.165, 1.54) is 16.5 Å². The number of fused-ring (bicyclic) bond motifs is 4. The second kappa shape index (κ2) is 6.66. The molecule has 168 valence electrons. The molecule has 1 saturated carbocycles. The summed E-state index contributed by atoms with van der Waals surface area (Å²) in [6.45, 7) is 2.20. The van der Waals surface area contributed by atoms with Crippen LogP contribution in [0.4, 0.5) is 18.9 Å². The van der Waals surface area contributed by atoms with E-state index in [-0.39, 0.29) is 30.2 Å². The molecule has 33 heavy (non-hydrogen) atoms. The quantitative estimate of drug-likeness (QED) is 0.501. The molecule has 0 atom stereocenters. The van der Waals surface area contributed by atoms with Gasteiger partial charge in [-0.3, -0.25) is 14.0 Å². The van der Waals surface area contributed by atoms with Crippen LogP contribution in [-0.2, 0) is 6.42 Å². The molecule has 0 radical (unpaired) electrons. The highest BCUT2D eigenvalue weighted by Gasteiger charge is 2.48. The van der Waals surface area contributed by atoms with Gasteiger partial charge in [-0.1, -0.05) is 0 Å². The van der Waals surface area contributed by atoms with E-state index in [2.05, 4.69) is 15.2 Å². The zero-order valence-electron chi connectivity index (χ0n) is 17.5. The molecule has 1 aliphatic heterocycles. The molecule has 0 saturated heterocycles. The normalized spacial score (nSPS) is 17.5. The van der Waals surface area contributed by atoms with Crippen LogP contribution >= 0.6 is 0 Å². The van der Waals surface area contributed by atoms with Crippen molar-refractivity contribution in [3.63, 3.8) is 0 Å². The molecule has 2 aliphatic rings. The molecule has 0 spiro atoms. The van der Waals surface area contributed by atoms with Crippen molar-refractivity contribution in [3.05, 3.63) is 69.0 Å². The van der Waals surface area contributed by atoms with Crippen LogP contribution in [0.1, 0.15) is 46.1 Å². The third-order valence-corrected chi connectivity index (χ3v) is 6.59. The number of hydrogen-bond acceptors (Lipinski definition) is 4. The van der Waals surface area contributed by atoms with E-state index in [0.29, 0.717) is 46.6 Å². The first-order valence-corrected chi connectivity index (χ1v) is 10.6. The Labute approximate surface area is 184 Å². The molecule has 2 aromatic carbocycles. The fourth-order valence-corrected chi connectivity index (χ4v) is 4.90. The van der Waals surface area contributed by atoms with Crippen LogP contribution in [0.3, 0.4) is 0 Å². The first-order chi connectivity index (χ1) is 15.7. The Morgan fingerprint density at radius 2 is 1.97 bits per heavy atom. The number of carbonyl (C=O) groups excluding carboxylic acids is 1. The third-order valence-electron chi connectivity index (χ3n) is 6.59. The molecular weight excluding hydrogens is 435 g/mol. The maximum absolute atomic E-state index is 13.6. The number of aryl methyl sites for hydroxylation is 1. The van der Waals surface area contributed by atoms with Crippen LogP contribution in [0.2, 0.25) is 0 Å². The number of nitrogens with one attached hydrogen (secondary N) is 1. The fraction of sp³-hybridized carbons (Fsp3) is 0.304. The number of aromatic nitrogens is 4. The fourth-order valence-electron chi connectivity index (χ4n) is 4.90. The lowest BCUT2D eigenvalue weighted by Crippen LogP contribution is -2.35. The van der Waals surface area contributed by atoms with E-state index in [9.17, 15) is 22.8 Å². The van der Waals surface area contributed by atoms with Crippen LogP contribution in [0.5, 0.6) is 0 Å². The molecule has 0 bridgehead atoms. The standard InChI is InChI=1S/C23H18F3N5O2/c1-11-6-18-16(8-15(11)22(33)30-5-4-12-7-14(24)2-3-17(12)30)27-21(32)20-29-28-19(31(18)20)13-9-23(25,26)10-13/h2-3,6-8,13H,4-5,9-10H2,1H3,(H,27,32). The van der Waals surface area contributed by atoms with Gasteiger partial charge >= 0.3 is 0 Å². The van der Waals surface area contributed by atoms with Gasteiger partial charge < -0.3 is 9.88 Å². The summed E-state index contributed by atoms with van der Waals surface area (Å²) in [7, 11) is 0. The molecule has 10 heteroatoms. The lowest BCUT2D eigenvalue weighted by Gasteiger charge is -2.33. The second-order valence-electron chi connectivity index (χ2n) is 8.80. The molecule has 7 nitrogen and oxygen atoms in total. The van der Waals surface area contributed by atoms with Gasteiger partial charge in [0, 0.05) is 36.6 Å². The van der Waals surface area contributed by atoms with Gasteiger partial charge in [0.1, 0.15) is 11.6 Å². The molecule has 0 unspecified atom stereocenters. The van der Waals surface area contributed by atoms with Crippen LogP contribution in [0, 0.1) is 12.7 Å². The number of benzene rings is 2. The Kier molecular flexibility index (Phi) is 4.03. The Balaban J connectivity index is 1.47. The monoisotopic (exact) mass is 453 g/mol. The minimum atomic E-state index is -2.74. The number of H-pyrrole nitrogens is 1. The van der Waals surface area contributed by atoms with Crippen molar-refractivity contribution in [1.82, 2.24) is 19.6 Å². The zero-order chi connectivity index (χ0) is 23.1. The molecule has 4 aromatic rings. The number of alkyl halides is 2. The van der Waals surface area contributed by atoms with E-state index >= 15 is 0 Å². The highest BCUT2D eigenvalue weighted by atomic mass is 19.3. The van der Waals surface area contributed by atoms with Gasteiger partial charge in [0.05, 0.1) is 11.0 Å². The number of carbonyl (C=O) groups is 1. The summed E-state index contributed by atoms with van der Waals surface area (Å²) in [4.78, 5) is 30.3. The predicted molar refractivity (Wildman–Crippen MR) is 115 cm³/mol. The smallest absolute Gasteiger partial charge is 0.294 e. The lowest BCUT2D eigenvalue weighted by molar-refractivity contribution is -0.0886. The van der Waals surface area contributed by atoms with Crippen LogP contribution in [0.15, 0.2) is 35.1 Å². The molecule has 1 aliphatic carbocycles. The number of nitrogens with zero attached hydrogens (tertiary/aromatic N) is 4. The Morgan fingerprint density at radius 3 is 2.73 bits per heavy atom. The van der Waals surface area contributed by atoms with Gasteiger partial charge in [0.25, 0.3) is 11.5 Å². The number of aromatic amines is 1. The maximum Gasteiger partial charge on any atom is 0.294 e. The van der Waals surface area contributed by atoms with E-state index in [4.69, 9.17) is 0 Å². The van der Waals surface area contributed by atoms with E-state index in [1.54, 1.807) is 30.0 Å². The molecular formula is C23H18F3N5O2. The summed E-state index contributed by atoms with van der Waals surface area (Å²) in [6.07, 6.45) is -0.127. The van der Waals surface area contributed by atoms with Gasteiger partial charge in [-0.25, -0.2) is 13.2 Å². The second-order valence-corrected chi connectivity index (χ2v) is 8.80. The van der Waals surface area contributed by atoms with Crippen molar-refractivity contribution in [3.8, 4) is 0 Å². The van der Waals surface area contributed by atoms with Gasteiger partial charge in [-0.05, 0) is 54.8 Å². The van der Waals surface area contributed by atoms with E-state index in [1.807, 2.05) is 0 Å². The lowest BCUT2D eigenvalue weighted by atomic mass is 9.81. The molecule has 6 rings (SSSR count). The van der Waals surface area contributed by atoms with Crippen LogP contribution < -0.4 is 10.5 Å². The van der Waals surface area contributed by atoms with Gasteiger partial charge in [-0.2, -0.15) is 0 Å². The van der Waals surface area contributed by atoms with Crippen molar-refractivity contribution >= 4 is 28.3 Å². The molecule has 1 amide bonds. The predicted octanol–water partition coefficient (Wildman–Crippen LogP) is 3.73. The van der Waals surface area contributed by atoms with Crippen molar-refractivity contribution in [2.45, 2.75) is 38.0 Å². The summed E-state index contributed by atoms with van der Waals surface area (Å²) in [5.74, 6) is -3.52. The largest absolute Gasteiger partial charge is 0.317 e. The molecule has 3 heterocycles. The van der Waals surface area contributed by atoms with Gasteiger partial charge in [0.15, 0.2) is 0 Å². The average molecular weight is 453 g/mol. The molecule has 2 aromatic heterocycles. The summed E-state index contributed by atoms with van der Waals surface area (Å²) in [5.41, 5.74) is 2.90. The van der Waals surface area contributed by atoms with Gasteiger partial charge in [-0.15, -0.1) is 10.2 Å². The first-order valence-electron chi connectivity index (χ1n) is 10.6. The summed E-state index contributed by atoms with van der Waals surface area (Å²) in [5, 5.41) is 7.95. The maximum atomic E-state index is 13.6. The summed E-state index contributed by atoms with van der Waals surface area (Å²) < 4.78 is 42.0. The minimum Gasteiger partial charge on any atom is -0.317 e. The number of rotatable bonds is 2. The zero-order valence-corrected chi connectivity index (χ0v) is 17.5. The molecule has 1 N–H and O–H groups in total. The third kappa shape index (κ3) is 2.96. The van der Waals surface area contributed by atoms with Crippen LogP contribution in [0.25, 0.3) is 16.7 Å². The minimum absolute atomic E-state index is 0.0293. The van der Waals surface area contributed by atoms with Crippen molar-refractivity contribution in [2.75, 3.05) is 11.4 Å². The number of halogens is 3. The van der Waals surface area contributed by atoms with Crippen molar-refractivity contribution < 1.29 is 18.0 Å². The summed E-state index contributed by atoms with van der Waals surface area (Å²) >= 11 is 0. The van der Waals surface area contributed by atoms with Crippen molar-refractivity contribution in [2.24, 2.45) is 0 Å². The average Bonchev–Trinajstić information content (AvgIpc) is 3.36. The SMILES string of the molecule is Cc1cc2c(cc1C(=O)N1CCc3cc(F)ccc31)[nH]c(=O)c1nnc(C3CC(F)(F)C3)n12. The molecule has 1 fully saturated rings. The number of anilines is 1. The number of amides is 1.